The Kier molecular flexibility index (Phi) is 5.28. The van der Waals surface area contributed by atoms with Gasteiger partial charge in [-0.25, -0.2) is 4.79 Å². The maximum Gasteiger partial charge on any atom is 0.416 e. The lowest BCUT2D eigenvalue weighted by atomic mass is 10.1. The molecule has 28 heavy (non-hydrogen) atoms. The second-order valence-corrected chi connectivity index (χ2v) is 6.89. The zero-order valence-electron chi connectivity index (χ0n) is 14.1. The second-order valence-electron chi connectivity index (χ2n) is 5.89. The van der Waals surface area contributed by atoms with Crippen LogP contribution >= 0.6 is 11.8 Å². The number of hydrogen-bond donors (Lipinski definition) is 1. The standard InChI is InChI=1S/C19H12F3NO4S/c20-19(21,22)14-3-1-2-12(8-14)10-23-16(24)15(28-18(23)27)9-11-4-6-13(7-5-11)17(25)26/h1-9H,10H2,(H,25,26)/b15-9+. The van der Waals surface area contributed by atoms with Gasteiger partial charge in [-0.2, -0.15) is 13.2 Å². The summed E-state index contributed by atoms with van der Waals surface area (Å²) in [4.78, 5) is 36.5. The number of hydrogen-bond acceptors (Lipinski definition) is 4. The molecule has 0 spiro atoms. The molecular formula is C19H12F3NO4S. The monoisotopic (exact) mass is 407 g/mol. The van der Waals surface area contributed by atoms with Crippen LogP contribution in [0.25, 0.3) is 6.08 Å². The van der Waals surface area contributed by atoms with Crippen LogP contribution in [0.2, 0.25) is 0 Å². The Morgan fingerprint density at radius 2 is 1.79 bits per heavy atom. The average molecular weight is 407 g/mol. The molecule has 0 aromatic heterocycles. The fourth-order valence-corrected chi connectivity index (χ4v) is 3.38. The van der Waals surface area contributed by atoms with Crippen molar-refractivity contribution in [3.63, 3.8) is 0 Å². The number of nitrogens with zero attached hydrogens (tertiary/aromatic N) is 1. The van der Waals surface area contributed by atoms with Gasteiger partial charge in [-0.05, 0) is 53.2 Å². The first-order chi connectivity index (χ1) is 13.1. The summed E-state index contributed by atoms with van der Waals surface area (Å²) in [7, 11) is 0. The van der Waals surface area contributed by atoms with Crippen LogP contribution in [0.5, 0.6) is 0 Å². The molecule has 2 aromatic carbocycles. The van der Waals surface area contributed by atoms with Gasteiger partial charge >= 0.3 is 12.1 Å². The van der Waals surface area contributed by atoms with E-state index in [1.807, 2.05) is 0 Å². The molecule has 0 unspecified atom stereocenters. The molecule has 0 bridgehead atoms. The van der Waals surface area contributed by atoms with Crippen LogP contribution < -0.4 is 0 Å². The highest BCUT2D eigenvalue weighted by Gasteiger charge is 2.36. The van der Waals surface area contributed by atoms with E-state index in [0.717, 1.165) is 17.0 Å². The molecule has 9 heteroatoms. The largest absolute Gasteiger partial charge is 0.478 e. The second kappa shape index (κ2) is 7.51. The SMILES string of the molecule is O=C(O)c1ccc(/C=C2/SC(=O)N(Cc3cccc(C(F)(F)F)c3)C2=O)cc1. The number of halogens is 3. The Balaban J connectivity index is 1.79. The molecule has 2 amide bonds. The van der Waals surface area contributed by atoms with Gasteiger partial charge in [-0.15, -0.1) is 0 Å². The Hall–Kier alpha value is -3.07. The summed E-state index contributed by atoms with van der Waals surface area (Å²) in [6, 6.07) is 10.1. The molecule has 1 aliphatic rings. The molecule has 0 saturated carbocycles. The first kappa shape index (κ1) is 19.7. The van der Waals surface area contributed by atoms with Crippen LogP contribution in [-0.2, 0) is 17.5 Å². The fourth-order valence-electron chi connectivity index (χ4n) is 2.54. The predicted molar refractivity (Wildman–Crippen MR) is 96.4 cm³/mol. The smallest absolute Gasteiger partial charge is 0.416 e. The van der Waals surface area contributed by atoms with Crippen molar-refractivity contribution in [3.05, 3.63) is 75.7 Å². The molecule has 2 aromatic rings. The van der Waals surface area contributed by atoms with Crippen LogP contribution in [0.3, 0.4) is 0 Å². The number of benzene rings is 2. The molecule has 144 valence electrons. The minimum Gasteiger partial charge on any atom is -0.478 e. The van der Waals surface area contributed by atoms with Crippen molar-refractivity contribution in [1.82, 2.24) is 4.90 Å². The predicted octanol–water partition coefficient (Wildman–Crippen LogP) is 4.64. The van der Waals surface area contributed by atoms with Crippen LogP contribution in [-0.4, -0.2) is 27.1 Å². The van der Waals surface area contributed by atoms with E-state index in [1.54, 1.807) is 0 Å². The number of carbonyl (C=O) groups is 3. The number of carboxylic acid groups (broad SMARTS) is 1. The molecule has 1 N–H and O–H groups in total. The summed E-state index contributed by atoms with van der Waals surface area (Å²) >= 11 is 0.676. The molecule has 0 radical (unpaired) electrons. The molecule has 1 aliphatic heterocycles. The van der Waals surface area contributed by atoms with Gasteiger partial charge in [0, 0.05) is 0 Å². The number of carboxylic acids is 1. The minimum atomic E-state index is -4.52. The molecular weight excluding hydrogens is 395 g/mol. The van der Waals surface area contributed by atoms with Gasteiger partial charge in [0.15, 0.2) is 0 Å². The Morgan fingerprint density at radius 1 is 1.11 bits per heavy atom. The third-order valence-electron chi connectivity index (χ3n) is 3.92. The number of carbonyl (C=O) groups excluding carboxylic acids is 2. The summed E-state index contributed by atoms with van der Waals surface area (Å²) in [5, 5.41) is 8.30. The quantitative estimate of drug-likeness (QED) is 0.748. The minimum absolute atomic E-state index is 0.0785. The first-order valence-electron chi connectivity index (χ1n) is 7.90. The van der Waals surface area contributed by atoms with Gasteiger partial charge in [0.05, 0.1) is 22.6 Å². The van der Waals surface area contributed by atoms with E-state index < -0.39 is 28.9 Å². The van der Waals surface area contributed by atoms with Crippen LogP contribution in [0.4, 0.5) is 18.0 Å². The number of thioether (sulfide) groups is 1. The molecule has 5 nitrogen and oxygen atoms in total. The summed E-state index contributed by atoms with van der Waals surface area (Å²) in [5.41, 5.74) is -0.0698. The lowest BCUT2D eigenvalue weighted by Crippen LogP contribution is -2.27. The van der Waals surface area contributed by atoms with Gasteiger partial charge in [0.1, 0.15) is 0 Å². The highest BCUT2D eigenvalue weighted by molar-refractivity contribution is 8.18. The van der Waals surface area contributed by atoms with E-state index in [2.05, 4.69) is 0 Å². The maximum absolute atomic E-state index is 12.8. The third kappa shape index (κ3) is 4.25. The van der Waals surface area contributed by atoms with Crippen LogP contribution in [0.15, 0.2) is 53.4 Å². The first-order valence-corrected chi connectivity index (χ1v) is 8.71. The van der Waals surface area contributed by atoms with Crippen LogP contribution in [0.1, 0.15) is 27.0 Å². The summed E-state index contributed by atoms with van der Waals surface area (Å²) in [6.45, 7) is -0.274. The van der Waals surface area contributed by atoms with Crippen molar-refractivity contribution in [2.75, 3.05) is 0 Å². The van der Waals surface area contributed by atoms with Crippen molar-refractivity contribution in [1.29, 1.82) is 0 Å². The summed E-state index contributed by atoms with van der Waals surface area (Å²) < 4.78 is 38.5. The van der Waals surface area contributed by atoms with Crippen LogP contribution in [0, 0.1) is 0 Å². The van der Waals surface area contributed by atoms with E-state index in [4.69, 9.17) is 5.11 Å². The lowest BCUT2D eigenvalue weighted by Gasteiger charge is -2.14. The fraction of sp³-hybridized carbons (Fsp3) is 0.105. The third-order valence-corrected chi connectivity index (χ3v) is 4.83. The van der Waals surface area contributed by atoms with Crippen molar-refractivity contribution >= 4 is 35.0 Å². The molecule has 1 heterocycles. The van der Waals surface area contributed by atoms with E-state index in [0.29, 0.717) is 17.3 Å². The zero-order chi connectivity index (χ0) is 20.5. The van der Waals surface area contributed by atoms with Crippen molar-refractivity contribution < 1.29 is 32.7 Å². The van der Waals surface area contributed by atoms with E-state index >= 15 is 0 Å². The summed E-state index contributed by atoms with van der Waals surface area (Å²) in [5.74, 6) is -1.71. The van der Waals surface area contributed by atoms with Gasteiger partial charge in [0.2, 0.25) is 0 Å². The normalized spacial score (nSPS) is 16.1. The van der Waals surface area contributed by atoms with Gasteiger partial charge in [-0.3, -0.25) is 14.5 Å². The highest BCUT2D eigenvalue weighted by atomic mass is 32.2. The molecule has 0 aliphatic carbocycles. The molecule has 1 saturated heterocycles. The number of rotatable bonds is 4. The maximum atomic E-state index is 12.8. The molecule has 3 rings (SSSR count). The number of imide groups is 1. The van der Waals surface area contributed by atoms with Gasteiger partial charge in [0.25, 0.3) is 11.1 Å². The van der Waals surface area contributed by atoms with Crippen molar-refractivity contribution in [2.45, 2.75) is 12.7 Å². The molecule has 1 fully saturated rings. The number of alkyl halides is 3. The lowest BCUT2D eigenvalue weighted by molar-refractivity contribution is -0.137. The summed E-state index contributed by atoms with van der Waals surface area (Å²) in [6.07, 6.45) is -3.08. The van der Waals surface area contributed by atoms with Crippen molar-refractivity contribution in [2.24, 2.45) is 0 Å². The molecule has 0 atom stereocenters. The Bertz CT molecular complexity index is 983. The number of amides is 2. The topological polar surface area (TPSA) is 74.7 Å². The zero-order valence-corrected chi connectivity index (χ0v) is 14.9. The Labute approximate surface area is 161 Å². The van der Waals surface area contributed by atoms with E-state index in [9.17, 15) is 27.6 Å². The number of aromatic carboxylic acids is 1. The van der Waals surface area contributed by atoms with E-state index in [1.165, 1.54) is 42.5 Å². The van der Waals surface area contributed by atoms with E-state index in [-0.39, 0.29) is 22.6 Å². The van der Waals surface area contributed by atoms with Crippen molar-refractivity contribution in [3.8, 4) is 0 Å². The van der Waals surface area contributed by atoms with Gasteiger partial charge < -0.3 is 5.11 Å². The Morgan fingerprint density at radius 3 is 2.39 bits per heavy atom. The average Bonchev–Trinajstić information content (AvgIpc) is 2.89. The van der Waals surface area contributed by atoms with Gasteiger partial charge in [-0.1, -0.05) is 24.3 Å². The highest BCUT2D eigenvalue weighted by Crippen LogP contribution is 2.34.